The summed E-state index contributed by atoms with van der Waals surface area (Å²) in [6.07, 6.45) is 5.03. The van der Waals surface area contributed by atoms with Crippen molar-refractivity contribution in [2.45, 2.75) is 63.4 Å². The van der Waals surface area contributed by atoms with E-state index < -0.39 is 0 Å². The predicted molar refractivity (Wildman–Crippen MR) is 111 cm³/mol. The van der Waals surface area contributed by atoms with Gasteiger partial charge in [-0.25, -0.2) is 0 Å². The first-order valence-electron chi connectivity index (χ1n) is 9.36. The maximum atomic E-state index is 4.62. The van der Waals surface area contributed by atoms with Gasteiger partial charge in [0.05, 0.1) is 0 Å². The molecule has 4 rings (SSSR count). The second kappa shape index (κ2) is 7.57. The van der Waals surface area contributed by atoms with Crippen LogP contribution in [0.15, 0.2) is 34.8 Å². The van der Waals surface area contributed by atoms with Gasteiger partial charge >= 0.3 is 0 Å². The summed E-state index contributed by atoms with van der Waals surface area (Å²) in [4.78, 5) is 1.55. The van der Waals surface area contributed by atoms with E-state index in [0.717, 1.165) is 16.7 Å². The standard InChI is InChI=1S/C21H25N3S2/c1-14(2)24-20(18-13-25-19-10-5-4-9-17(18)19)22-23-21(24)26-12-16-8-6-7-15(3)11-16/h6-8,11,13-14H,4-5,9-10,12H2,1-3H3. The maximum absolute atomic E-state index is 4.62. The smallest absolute Gasteiger partial charge is 0.192 e. The Hall–Kier alpha value is -1.59. The molecule has 3 aromatic rings. The summed E-state index contributed by atoms with van der Waals surface area (Å²) in [5.41, 5.74) is 5.47. The van der Waals surface area contributed by atoms with Crippen molar-refractivity contribution in [3.8, 4) is 11.4 Å². The van der Waals surface area contributed by atoms with E-state index in [4.69, 9.17) is 0 Å². The molecular weight excluding hydrogens is 358 g/mol. The van der Waals surface area contributed by atoms with Crippen LogP contribution >= 0.6 is 23.1 Å². The van der Waals surface area contributed by atoms with Crippen molar-refractivity contribution in [2.75, 3.05) is 0 Å². The first-order chi connectivity index (χ1) is 12.6. The highest BCUT2D eigenvalue weighted by Gasteiger charge is 2.23. The van der Waals surface area contributed by atoms with Crippen LogP contribution in [0.4, 0.5) is 0 Å². The summed E-state index contributed by atoms with van der Waals surface area (Å²) in [7, 11) is 0. The molecule has 0 unspecified atom stereocenters. The molecule has 0 saturated heterocycles. The lowest BCUT2D eigenvalue weighted by molar-refractivity contribution is 0.554. The number of aryl methyl sites for hydroxylation is 2. The quantitative estimate of drug-likeness (QED) is 0.501. The lowest BCUT2D eigenvalue weighted by Gasteiger charge is -2.16. The number of fused-ring (bicyclic) bond motifs is 1. The van der Waals surface area contributed by atoms with Crippen molar-refractivity contribution in [1.82, 2.24) is 14.8 Å². The fourth-order valence-electron chi connectivity index (χ4n) is 3.66. The van der Waals surface area contributed by atoms with E-state index in [0.29, 0.717) is 6.04 Å². The third-order valence-corrected chi connectivity index (χ3v) is 7.04. The number of thiophene rings is 1. The Kier molecular flexibility index (Phi) is 5.18. The summed E-state index contributed by atoms with van der Waals surface area (Å²) >= 11 is 3.69. The molecule has 3 nitrogen and oxygen atoms in total. The van der Waals surface area contributed by atoms with Crippen molar-refractivity contribution < 1.29 is 0 Å². The second-order valence-corrected chi connectivity index (χ2v) is 9.21. The molecule has 0 saturated carbocycles. The highest BCUT2D eigenvalue weighted by molar-refractivity contribution is 7.98. The highest BCUT2D eigenvalue weighted by Crippen LogP contribution is 2.38. The third-order valence-electron chi connectivity index (χ3n) is 4.93. The summed E-state index contributed by atoms with van der Waals surface area (Å²) < 4.78 is 2.32. The van der Waals surface area contributed by atoms with E-state index in [1.165, 1.54) is 47.9 Å². The van der Waals surface area contributed by atoms with Crippen LogP contribution in [0.2, 0.25) is 0 Å². The normalized spacial score (nSPS) is 14.0. The van der Waals surface area contributed by atoms with Gasteiger partial charge in [0.25, 0.3) is 0 Å². The van der Waals surface area contributed by atoms with Gasteiger partial charge < -0.3 is 0 Å². The lowest BCUT2D eigenvalue weighted by Crippen LogP contribution is -2.07. The molecule has 2 aromatic heterocycles. The number of hydrogen-bond acceptors (Lipinski definition) is 4. The van der Waals surface area contributed by atoms with Crippen molar-refractivity contribution in [3.63, 3.8) is 0 Å². The molecule has 0 atom stereocenters. The van der Waals surface area contributed by atoms with Crippen molar-refractivity contribution in [3.05, 3.63) is 51.2 Å². The molecule has 26 heavy (non-hydrogen) atoms. The molecule has 0 fully saturated rings. The molecule has 5 heteroatoms. The van der Waals surface area contributed by atoms with Crippen LogP contribution in [0, 0.1) is 6.92 Å². The summed E-state index contributed by atoms with van der Waals surface area (Å²) in [6.45, 7) is 6.59. The van der Waals surface area contributed by atoms with Crippen molar-refractivity contribution in [2.24, 2.45) is 0 Å². The van der Waals surface area contributed by atoms with Gasteiger partial charge in [0, 0.05) is 27.6 Å². The predicted octanol–water partition coefficient (Wildman–Crippen LogP) is 6.07. The van der Waals surface area contributed by atoms with E-state index in [-0.39, 0.29) is 0 Å². The fraction of sp³-hybridized carbons (Fsp3) is 0.429. The van der Waals surface area contributed by atoms with Crippen LogP contribution in [-0.4, -0.2) is 14.8 Å². The van der Waals surface area contributed by atoms with E-state index in [1.54, 1.807) is 16.6 Å². The molecule has 0 bridgehead atoms. The SMILES string of the molecule is Cc1cccc(CSc2nnc(-c3csc4c3CCCC4)n2C(C)C)c1. The Bertz CT molecular complexity index is 908. The molecule has 1 aromatic carbocycles. The lowest BCUT2D eigenvalue weighted by atomic mass is 9.95. The monoisotopic (exact) mass is 383 g/mol. The molecule has 0 radical (unpaired) electrons. The van der Waals surface area contributed by atoms with E-state index >= 15 is 0 Å². The minimum absolute atomic E-state index is 0.346. The van der Waals surface area contributed by atoms with E-state index in [9.17, 15) is 0 Å². The van der Waals surface area contributed by atoms with Gasteiger partial charge in [-0.1, -0.05) is 41.6 Å². The molecule has 1 aliphatic rings. The minimum atomic E-state index is 0.346. The van der Waals surface area contributed by atoms with Gasteiger partial charge in [0.1, 0.15) is 0 Å². The largest absolute Gasteiger partial charge is 0.299 e. The average Bonchev–Trinajstić information content (AvgIpc) is 3.23. The van der Waals surface area contributed by atoms with E-state index in [1.807, 2.05) is 11.3 Å². The number of rotatable bonds is 5. The van der Waals surface area contributed by atoms with Crippen LogP contribution < -0.4 is 0 Å². The third kappa shape index (κ3) is 3.47. The summed E-state index contributed by atoms with van der Waals surface area (Å²) in [6, 6.07) is 9.05. The Morgan fingerprint density at radius 2 is 2.04 bits per heavy atom. The molecule has 136 valence electrons. The van der Waals surface area contributed by atoms with Crippen LogP contribution in [0.1, 0.15) is 54.3 Å². The maximum Gasteiger partial charge on any atom is 0.192 e. The van der Waals surface area contributed by atoms with Crippen LogP contribution in [0.5, 0.6) is 0 Å². The number of hydrogen-bond donors (Lipinski definition) is 0. The average molecular weight is 384 g/mol. The fourth-order valence-corrected chi connectivity index (χ4v) is 5.79. The number of benzene rings is 1. The zero-order valence-corrected chi connectivity index (χ0v) is 17.3. The summed E-state index contributed by atoms with van der Waals surface area (Å²) in [5.74, 6) is 1.97. The first-order valence-corrected chi connectivity index (χ1v) is 11.2. The van der Waals surface area contributed by atoms with Gasteiger partial charge in [-0.2, -0.15) is 0 Å². The first kappa shape index (κ1) is 17.8. The van der Waals surface area contributed by atoms with Gasteiger partial charge in [0.15, 0.2) is 11.0 Å². The second-order valence-electron chi connectivity index (χ2n) is 7.31. The van der Waals surface area contributed by atoms with Crippen LogP contribution in [0.3, 0.4) is 0 Å². The van der Waals surface area contributed by atoms with Crippen molar-refractivity contribution in [1.29, 1.82) is 0 Å². The number of nitrogens with zero attached hydrogens (tertiary/aromatic N) is 3. The minimum Gasteiger partial charge on any atom is -0.299 e. The van der Waals surface area contributed by atoms with Gasteiger partial charge in [-0.05, 0) is 57.6 Å². The zero-order valence-electron chi connectivity index (χ0n) is 15.7. The van der Waals surface area contributed by atoms with Crippen molar-refractivity contribution >= 4 is 23.1 Å². The van der Waals surface area contributed by atoms with Gasteiger partial charge in [-0.15, -0.1) is 21.5 Å². The molecule has 0 spiro atoms. The molecular formula is C21H25N3S2. The number of thioether (sulfide) groups is 1. The Morgan fingerprint density at radius 3 is 2.85 bits per heavy atom. The zero-order chi connectivity index (χ0) is 18.1. The van der Waals surface area contributed by atoms with Gasteiger partial charge in [0.2, 0.25) is 0 Å². The van der Waals surface area contributed by atoms with E-state index in [2.05, 4.69) is 65.2 Å². The van der Waals surface area contributed by atoms with Crippen LogP contribution in [-0.2, 0) is 18.6 Å². The molecule has 0 aliphatic heterocycles. The Balaban J connectivity index is 1.64. The Morgan fingerprint density at radius 1 is 1.19 bits per heavy atom. The van der Waals surface area contributed by atoms with Gasteiger partial charge in [-0.3, -0.25) is 4.57 Å². The molecule has 2 heterocycles. The number of aromatic nitrogens is 3. The topological polar surface area (TPSA) is 30.7 Å². The Labute approximate surface area is 163 Å². The van der Waals surface area contributed by atoms with Crippen LogP contribution in [0.25, 0.3) is 11.4 Å². The molecule has 0 amide bonds. The molecule has 1 aliphatic carbocycles. The highest BCUT2D eigenvalue weighted by atomic mass is 32.2. The summed E-state index contributed by atoms with van der Waals surface area (Å²) in [5, 5.41) is 12.5. The molecule has 0 N–H and O–H groups in total.